The Morgan fingerprint density at radius 2 is 1.87 bits per heavy atom. The molecule has 1 unspecified atom stereocenters. The second kappa shape index (κ2) is 8.50. The van der Waals surface area contributed by atoms with Crippen molar-refractivity contribution in [3.63, 3.8) is 0 Å². The molecule has 8 heteroatoms. The molecule has 31 heavy (non-hydrogen) atoms. The van der Waals surface area contributed by atoms with E-state index in [9.17, 15) is 23.2 Å². The molecule has 1 amide bonds. The predicted molar refractivity (Wildman–Crippen MR) is 111 cm³/mol. The lowest BCUT2D eigenvalue weighted by Crippen LogP contribution is -2.48. The van der Waals surface area contributed by atoms with Crippen LogP contribution in [0.4, 0.5) is 29.3 Å². The number of fused-ring (bicyclic) bond motifs is 1. The summed E-state index contributed by atoms with van der Waals surface area (Å²) in [6.45, 7) is 5.65. The van der Waals surface area contributed by atoms with E-state index in [4.69, 9.17) is 4.74 Å². The zero-order valence-corrected chi connectivity index (χ0v) is 17.6. The minimum absolute atomic E-state index is 0.198. The van der Waals surface area contributed by atoms with E-state index in [1.54, 1.807) is 20.8 Å². The Morgan fingerprint density at radius 3 is 2.45 bits per heavy atom. The molecule has 1 aliphatic heterocycles. The minimum atomic E-state index is -4.42. The molecule has 2 aromatic rings. The SMILES string of the molecule is CC(C)(C)OC(=O)NC1Cc2c(CC#N)cccc2N(c2ccc(C(F)(F)F)cc2)C1. The topological polar surface area (TPSA) is 65.4 Å². The Hall–Kier alpha value is -3.21. The Labute approximate surface area is 179 Å². The van der Waals surface area contributed by atoms with Crippen LogP contribution in [0.15, 0.2) is 42.5 Å². The summed E-state index contributed by atoms with van der Waals surface area (Å²) < 4.78 is 44.3. The average Bonchev–Trinajstić information content (AvgIpc) is 2.66. The number of hydrogen-bond donors (Lipinski definition) is 1. The second-order valence-corrected chi connectivity index (χ2v) is 8.45. The Kier molecular flexibility index (Phi) is 6.16. The Balaban J connectivity index is 1.95. The number of amides is 1. The van der Waals surface area contributed by atoms with E-state index in [0.29, 0.717) is 18.7 Å². The first-order valence-corrected chi connectivity index (χ1v) is 9.90. The van der Waals surface area contributed by atoms with Crippen molar-refractivity contribution in [3.05, 3.63) is 59.2 Å². The van der Waals surface area contributed by atoms with Gasteiger partial charge in [0.1, 0.15) is 5.60 Å². The quantitative estimate of drug-likeness (QED) is 0.711. The number of anilines is 2. The first-order valence-electron chi connectivity index (χ1n) is 9.90. The number of nitrogens with one attached hydrogen (secondary N) is 1. The van der Waals surface area contributed by atoms with Gasteiger partial charge < -0.3 is 15.0 Å². The standard InChI is InChI=1S/C23H24F3N3O2/c1-22(2,3)31-21(30)28-17-13-19-15(11-12-27)5-4-6-20(19)29(14-17)18-9-7-16(8-10-18)23(24,25)26/h4-10,17H,11,13-14H2,1-3H3,(H,28,30). The number of rotatable bonds is 3. The van der Waals surface area contributed by atoms with Crippen molar-refractivity contribution < 1.29 is 22.7 Å². The maximum atomic E-state index is 13.0. The van der Waals surface area contributed by atoms with Crippen LogP contribution in [0.5, 0.6) is 0 Å². The Morgan fingerprint density at radius 1 is 1.19 bits per heavy atom. The zero-order valence-electron chi connectivity index (χ0n) is 17.6. The summed E-state index contributed by atoms with van der Waals surface area (Å²) in [4.78, 5) is 14.2. The van der Waals surface area contributed by atoms with Crippen molar-refractivity contribution in [1.29, 1.82) is 5.26 Å². The van der Waals surface area contributed by atoms with E-state index < -0.39 is 23.4 Å². The highest BCUT2D eigenvalue weighted by Gasteiger charge is 2.32. The van der Waals surface area contributed by atoms with Crippen LogP contribution >= 0.6 is 0 Å². The molecule has 0 aromatic heterocycles. The molecule has 0 saturated heterocycles. The van der Waals surface area contributed by atoms with E-state index in [1.807, 2.05) is 23.1 Å². The number of alkyl halides is 3. The summed E-state index contributed by atoms with van der Waals surface area (Å²) in [5.74, 6) is 0. The summed E-state index contributed by atoms with van der Waals surface area (Å²) in [6, 6.07) is 12.3. The third-order valence-electron chi connectivity index (χ3n) is 4.89. The van der Waals surface area contributed by atoms with Gasteiger partial charge in [0.15, 0.2) is 0 Å². The van der Waals surface area contributed by atoms with Crippen molar-refractivity contribution in [2.75, 3.05) is 11.4 Å². The maximum Gasteiger partial charge on any atom is 0.416 e. The number of carbonyl (C=O) groups is 1. The number of carbonyl (C=O) groups excluding carboxylic acids is 1. The second-order valence-electron chi connectivity index (χ2n) is 8.45. The molecule has 0 saturated carbocycles. The van der Waals surface area contributed by atoms with Crippen LogP contribution in [-0.2, 0) is 23.8 Å². The molecule has 1 aliphatic rings. The number of nitrogens with zero attached hydrogens (tertiary/aromatic N) is 2. The summed E-state index contributed by atoms with van der Waals surface area (Å²) in [5, 5.41) is 12.0. The summed E-state index contributed by atoms with van der Waals surface area (Å²) in [7, 11) is 0. The molecule has 1 heterocycles. The van der Waals surface area contributed by atoms with E-state index in [1.165, 1.54) is 12.1 Å². The van der Waals surface area contributed by atoms with Gasteiger partial charge in [-0.05, 0) is 68.7 Å². The van der Waals surface area contributed by atoms with Gasteiger partial charge in [-0.25, -0.2) is 4.79 Å². The maximum absolute atomic E-state index is 13.0. The number of nitriles is 1. The van der Waals surface area contributed by atoms with Gasteiger partial charge in [-0.2, -0.15) is 18.4 Å². The van der Waals surface area contributed by atoms with E-state index in [0.717, 1.165) is 28.9 Å². The lowest BCUT2D eigenvalue weighted by Gasteiger charge is -2.37. The van der Waals surface area contributed by atoms with Crippen LogP contribution in [0.25, 0.3) is 0 Å². The number of ether oxygens (including phenoxy) is 1. The van der Waals surface area contributed by atoms with Crippen molar-refractivity contribution >= 4 is 17.5 Å². The van der Waals surface area contributed by atoms with Gasteiger partial charge in [0.25, 0.3) is 0 Å². The third kappa shape index (κ3) is 5.48. The van der Waals surface area contributed by atoms with Gasteiger partial charge in [0.2, 0.25) is 0 Å². The number of alkyl carbamates (subject to hydrolysis) is 1. The van der Waals surface area contributed by atoms with E-state index in [2.05, 4.69) is 11.4 Å². The minimum Gasteiger partial charge on any atom is -0.444 e. The molecule has 5 nitrogen and oxygen atoms in total. The van der Waals surface area contributed by atoms with Crippen molar-refractivity contribution in [2.24, 2.45) is 0 Å². The smallest absolute Gasteiger partial charge is 0.416 e. The van der Waals surface area contributed by atoms with Crippen LogP contribution in [0.3, 0.4) is 0 Å². The highest BCUT2D eigenvalue weighted by atomic mass is 19.4. The van der Waals surface area contributed by atoms with Crippen LogP contribution < -0.4 is 10.2 Å². The number of hydrogen-bond acceptors (Lipinski definition) is 4. The van der Waals surface area contributed by atoms with Gasteiger partial charge in [0.05, 0.1) is 24.1 Å². The molecule has 0 radical (unpaired) electrons. The highest BCUT2D eigenvalue weighted by Crippen LogP contribution is 2.37. The zero-order chi connectivity index (χ0) is 22.8. The largest absolute Gasteiger partial charge is 0.444 e. The molecule has 0 fully saturated rings. The first kappa shape index (κ1) is 22.5. The molecule has 3 rings (SSSR count). The van der Waals surface area contributed by atoms with Crippen LogP contribution in [0.1, 0.15) is 37.5 Å². The molecular formula is C23H24F3N3O2. The molecule has 2 aromatic carbocycles. The fourth-order valence-corrected chi connectivity index (χ4v) is 3.64. The normalized spacial score (nSPS) is 16.3. The van der Waals surface area contributed by atoms with Crippen molar-refractivity contribution in [1.82, 2.24) is 5.32 Å². The highest BCUT2D eigenvalue weighted by molar-refractivity contribution is 5.72. The predicted octanol–water partition coefficient (Wildman–Crippen LogP) is 5.36. The third-order valence-corrected chi connectivity index (χ3v) is 4.89. The fraction of sp³-hybridized carbons (Fsp3) is 0.391. The molecule has 0 bridgehead atoms. The van der Waals surface area contributed by atoms with E-state index in [-0.39, 0.29) is 12.5 Å². The summed E-state index contributed by atoms with van der Waals surface area (Å²) in [6.07, 6.45) is -4.29. The average molecular weight is 431 g/mol. The molecule has 164 valence electrons. The molecular weight excluding hydrogens is 407 g/mol. The molecule has 0 aliphatic carbocycles. The monoisotopic (exact) mass is 431 g/mol. The van der Waals surface area contributed by atoms with Crippen LogP contribution in [0.2, 0.25) is 0 Å². The lowest BCUT2D eigenvalue weighted by atomic mass is 9.91. The van der Waals surface area contributed by atoms with Gasteiger partial charge >= 0.3 is 12.3 Å². The van der Waals surface area contributed by atoms with Gasteiger partial charge in [-0.1, -0.05) is 12.1 Å². The van der Waals surface area contributed by atoms with Crippen LogP contribution in [-0.4, -0.2) is 24.3 Å². The Bertz CT molecular complexity index is 989. The fourth-order valence-electron chi connectivity index (χ4n) is 3.64. The van der Waals surface area contributed by atoms with Crippen molar-refractivity contribution in [2.45, 2.75) is 51.4 Å². The van der Waals surface area contributed by atoms with E-state index >= 15 is 0 Å². The van der Waals surface area contributed by atoms with Crippen molar-refractivity contribution in [3.8, 4) is 6.07 Å². The summed E-state index contributed by atoms with van der Waals surface area (Å²) in [5.41, 5.74) is 1.71. The molecule has 1 N–H and O–H groups in total. The van der Waals surface area contributed by atoms with Gasteiger partial charge in [0, 0.05) is 17.9 Å². The number of halogens is 3. The molecule has 0 spiro atoms. The van der Waals surface area contributed by atoms with Gasteiger partial charge in [-0.3, -0.25) is 0 Å². The number of benzene rings is 2. The lowest BCUT2D eigenvalue weighted by molar-refractivity contribution is -0.137. The first-order chi connectivity index (χ1) is 14.5. The molecule has 1 atom stereocenters. The summed E-state index contributed by atoms with van der Waals surface area (Å²) >= 11 is 0. The van der Waals surface area contributed by atoms with Crippen LogP contribution in [0, 0.1) is 11.3 Å². The van der Waals surface area contributed by atoms with Gasteiger partial charge in [-0.15, -0.1) is 0 Å².